The molecule has 3 saturated heterocycles. The van der Waals surface area contributed by atoms with Gasteiger partial charge in [0.15, 0.2) is 10.9 Å². The number of hydrogen-bond acceptors (Lipinski definition) is 8. The smallest absolute Gasteiger partial charge is 0.252 e. The predicted octanol–water partition coefficient (Wildman–Crippen LogP) is 3.61. The maximum atomic E-state index is 15.3. The number of likely N-dealkylation sites (tertiary alicyclic amines) is 1. The number of carbonyl (C=O) groups is 3. The van der Waals surface area contributed by atoms with Gasteiger partial charge in [-0.3, -0.25) is 14.4 Å². The number of amides is 2. The molecular weight excluding hydrogens is 557 g/mol. The van der Waals surface area contributed by atoms with E-state index in [4.69, 9.17) is 4.74 Å². The predicted molar refractivity (Wildman–Crippen MR) is 161 cm³/mol. The van der Waals surface area contributed by atoms with Crippen LogP contribution < -0.4 is 10.2 Å². The van der Waals surface area contributed by atoms with Crippen LogP contribution >= 0.6 is 11.3 Å². The highest BCUT2D eigenvalue weighted by atomic mass is 32.1. The van der Waals surface area contributed by atoms with Gasteiger partial charge in [0, 0.05) is 55.1 Å². The Hall–Kier alpha value is -3.15. The van der Waals surface area contributed by atoms with Crippen LogP contribution in [0.1, 0.15) is 44.5 Å². The molecule has 5 atom stereocenters. The number of thiazole rings is 1. The lowest BCUT2D eigenvalue weighted by atomic mass is 9.94. The zero-order valence-corrected chi connectivity index (χ0v) is 25.7. The number of carbonyl (C=O) groups excluding carboxylic acids is 3. The maximum absolute atomic E-state index is 15.3. The maximum Gasteiger partial charge on any atom is 0.252 e. The molecule has 3 aliphatic rings. The van der Waals surface area contributed by atoms with Gasteiger partial charge < -0.3 is 24.8 Å². The Morgan fingerprint density at radius 1 is 1.26 bits per heavy atom. The summed E-state index contributed by atoms with van der Waals surface area (Å²) < 4.78 is 21.1. The van der Waals surface area contributed by atoms with Crippen molar-refractivity contribution in [1.82, 2.24) is 20.1 Å². The van der Waals surface area contributed by atoms with Gasteiger partial charge in [-0.1, -0.05) is 31.9 Å². The Labute approximate surface area is 250 Å². The highest BCUT2D eigenvalue weighted by molar-refractivity contribution is 7.14. The summed E-state index contributed by atoms with van der Waals surface area (Å²) in [5.41, 5.74) is 2.04. The van der Waals surface area contributed by atoms with Gasteiger partial charge in [-0.25, -0.2) is 9.37 Å². The Morgan fingerprint density at radius 2 is 2.00 bits per heavy atom. The molecule has 0 spiro atoms. The standard InChI is InChI=1S/C31H40FN5O4S/c1-6-18(3)22-15-37(27-25(38)16-41-28(22)27)30(40)26(19(4)7-2)34-29(39)20-8-9-21(23(32)14-20)24-17-42-31(33-24)36-12-10-35(5)11-13-36/h6,8-9,14,17,19,22,26-28H,7,10-13,15-16H2,1-5H3,(H,34,39)/b18-6+. The van der Waals surface area contributed by atoms with Crippen molar-refractivity contribution in [3.63, 3.8) is 0 Å². The van der Waals surface area contributed by atoms with Gasteiger partial charge in [0.2, 0.25) is 5.91 Å². The van der Waals surface area contributed by atoms with E-state index >= 15 is 4.39 Å². The third-order valence-electron chi connectivity index (χ3n) is 9.05. The van der Waals surface area contributed by atoms with Crippen LogP contribution in [0.4, 0.5) is 9.52 Å². The molecular formula is C31H40FN5O4S. The number of aromatic nitrogens is 1. The van der Waals surface area contributed by atoms with E-state index in [1.54, 1.807) is 17.0 Å². The van der Waals surface area contributed by atoms with Crippen molar-refractivity contribution in [1.29, 1.82) is 0 Å². The summed E-state index contributed by atoms with van der Waals surface area (Å²) in [5, 5.41) is 5.56. The number of benzene rings is 1. The molecule has 0 radical (unpaired) electrons. The molecule has 3 fully saturated rings. The van der Waals surface area contributed by atoms with Crippen molar-refractivity contribution in [3.8, 4) is 11.3 Å². The fourth-order valence-corrected chi connectivity index (χ4v) is 6.86. The summed E-state index contributed by atoms with van der Waals surface area (Å²) in [4.78, 5) is 50.7. The van der Waals surface area contributed by atoms with E-state index in [0.717, 1.165) is 36.9 Å². The molecule has 2 aromatic rings. The summed E-state index contributed by atoms with van der Waals surface area (Å²) in [5.74, 6) is -1.80. The number of ketones is 1. The Bertz CT molecular complexity index is 1370. The topological polar surface area (TPSA) is 95.1 Å². The number of anilines is 1. The fraction of sp³-hybridized carbons (Fsp3) is 0.548. The minimum Gasteiger partial charge on any atom is -0.367 e. The van der Waals surface area contributed by atoms with E-state index in [1.807, 2.05) is 39.2 Å². The summed E-state index contributed by atoms with van der Waals surface area (Å²) in [7, 11) is 2.09. The van der Waals surface area contributed by atoms with Gasteiger partial charge in [-0.15, -0.1) is 11.3 Å². The lowest BCUT2D eigenvalue weighted by molar-refractivity contribution is -0.139. The minimum atomic E-state index is -0.867. The van der Waals surface area contributed by atoms with E-state index in [-0.39, 0.29) is 41.8 Å². The van der Waals surface area contributed by atoms with Crippen LogP contribution in [0.25, 0.3) is 11.3 Å². The van der Waals surface area contributed by atoms with Crippen LogP contribution in [-0.4, -0.2) is 96.9 Å². The highest BCUT2D eigenvalue weighted by Gasteiger charge is 2.53. The average molecular weight is 598 g/mol. The Kier molecular flexibility index (Phi) is 9.10. The molecule has 0 bridgehead atoms. The zero-order valence-electron chi connectivity index (χ0n) is 24.9. The Morgan fingerprint density at radius 3 is 2.67 bits per heavy atom. The lowest BCUT2D eigenvalue weighted by Crippen LogP contribution is -2.54. The van der Waals surface area contributed by atoms with Crippen molar-refractivity contribution in [2.45, 2.75) is 52.3 Å². The zero-order chi connectivity index (χ0) is 30.1. The van der Waals surface area contributed by atoms with Crippen LogP contribution in [-0.2, 0) is 14.3 Å². The number of likely N-dealkylation sites (N-methyl/N-ethyl adjacent to an activating group) is 1. The Balaban J connectivity index is 1.32. The third kappa shape index (κ3) is 5.87. The van der Waals surface area contributed by atoms with E-state index in [0.29, 0.717) is 24.2 Å². The van der Waals surface area contributed by atoms with Gasteiger partial charge in [-0.2, -0.15) is 0 Å². The number of allylic oxidation sites excluding steroid dienone is 1. The number of halogens is 1. The molecule has 0 aliphatic carbocycles. The van der Waals surface area contributed by atoms with E-state index in [2.05, 4.69) is 27.1 Å². The molecule has 1 aromatic carbocycles. The number of rotatable bonds is 8. The van der Waals surface area contributed by atoms with Crippen LogP contribution in [0.2, 0.25) is 0 Å². The van der Waals surface area contributed by atoms with Gasteiger partial charge in [0.05, 0.1) is 11.8 Å². The van der Waals surface area contributed by atoms with Gasteiger partial charge >= 0.3 is 0 Å². The summed E-state index contributed by atoms with van der Waals surface area (Å²) in [6.45, 7) is 11.7. The van der Waals surface area contributed by atoms with Crippen LogP contribution in [0.5, 0.6) is 0 Å². The monoisotopic (exact) mass is 597 g/mol. The van der Waals surface area contributed by atoms with Crippen molar-refractivity contribution >= 4 is 34.1 Å². The second-order valence-electron chi connectivity index (χ2n) is 11.7. The molecule has 2 amide bonds. The van der Waals surface area contributed by atoms with Crippen molar-refractivity contribution in [2.75, 3.05) is 51.3 Å². The van der Waals surface area contributed by atoms with Crippen LogP contribution in [0, 0.1) is 17.7 Å². The van der Waals surface area contributed by atoms with Gasteiger partial charge in [0.25, 0.3) is 5.91 Å². The van der Waals surface area contributed by atoms with Crippen molar-refractivity contribution in [3.05, 3.63) is 46.6 Å². The quantitative estimate of drug-likeness (QED) is 0.465. The average Bonchev–Trinajstić information content (AvgIpc) is 3.72. The summed E-state index contributed by atoms with van der Waals surface area (Å²) in [6.07, 6.45) is 2.23. The first-order chi connectivity index (χ1) is 20.1. The number of hydrogen-bond donors (Lipinski definition) is 1. The molecule has 1 aromatic heterocycles. The third-order valence-corrected chi connectivity index (χ3v) is 9.95. The molecule has 5 unspecified atom stereocenters. The van der Waals surface area contributed by atoms with Gasteiger partial charge in [-0.05, 0) is 45.0 Å². The molecule has 0 saturated carbocycles. The summed E-state index contributed by atoms with van der Waals surface area (Å²) >= 11 is 1.48. The molecule has 1 N–H and O–H groups in total. The number of nitrogens with zero attached hydrogens (tertiary/aromatic N) is 4. The van der Waals surface area contributed by atoms with E-state index < -0.39 is 23.8 Å². The summed E-state index contributed by atoms with van der Waals surface area (Å²) in [6, 6.07) is 2.80. The van der Waals surface area contributed by atoms with E-state index in [1.165, 1.54) is 17.4 Å². The number of fused-ring (bicyclic) bond motifs is 1. The normalized spacial score (nSPS) is 24.6. The van der Waals surface area contributed by atoms with Crippen LogP contribution in [0.15, 0.2) is 35.2 Å². The number of ether oxygens (including phenoxy) is 1. The molecule has 5 rings (SSSR count). The SMILES string of the molecule is C/C=C(\C)C1CN(C(=O)C(NC(=O)c2ccc(-c3csc(N4CCN(C)CC4)n3)c(F)c2)C(C)CC)C2C(=O)COC12. The molecule has 226 valence electrons. The first-order valence-corrected chi connectivity index (χ1v) is 15.6. The molecule has 3 aliphatic heterocycles. The number of Topliss-reactive ketones (excluding diaryl/α,β-unsaturated/α-hetero) is 1. The highest BCUT2D eigenvalue weighted by Crippen LogP contribution is 2.37. The first-order valence-electron chi connectivity index (χ1n) is 14.7. The number of piperazine rings is 1. The second-order valence-corrected chi connectivity index (χ2v) is 12.5. The second kappa shape index (κ2) is 12.6. The van der Waals surface area contributed by atoms with Crippen molar-refractivity contribution < 1.29 is 23.5 Å². The largest absolute Gasteiger partial charge is 0.367 e. The van der Waals surface area contributed by atoms with Crippen LogP contribution in [0.3, 0.4) is 0 Å². The number of nitrogens with one attached hydrogen (secondary N) is 1. The minimum absolute atomic E-state index is 0.0194. The van der Waals surface area contributed by atoms with Gasteiger partial charge in [0.1, 0.15) is 24.5 Å². The van der Waals surface area contributed by atoms with Crippen molar-refractivity contribution in [2.24, 2.45) is 11.8 Å². The first kappa shape index (κ1) is 30.3. The molecule has 4 heterocycles. The fourth-order valence-electron chi connectivity index (χ4n) is 5.98. The van der Waals surface area contributed by atoms with E-state index in [9.17, 15) is 14.4 Å². The molecule has 9 nitrogen and oxygen atoms in total. The lowest BCUT2D eigenvalue weighted by Gasteiger charge is -2.32. The molecule has 42 heavy (non-hydrogen) atoms. The molecule has 11 heteroatoms.